The molecular formula is C14H14N2O. The number of aryl methyl sites for hydroxylation is 1. The minimum atomic E-state index is 0.154. The Labute approximate surface area is 101 Å². The van der Waals surface area contributed by atoms with Crippen molar-refractivity contribution < 1.29 is 4.42 Å². The lowest BCUT2D eigenvalue weighted by atomic mass is 10.1. The van der Waals surface area contributed by atoms with E-state index in [9.17, 15) is 0 Å². The summed E-state index contributed by atoms with van der Waals surface area (Å²) < 4.78 is 5.06. The van der Waals surface area contributed by atoms with Crippen LogP contribution >= 0.6 is 0 Å². The van der Waals surface area contributed by atoms with Gasteiger partial charge >= 0.3 is 0 Å². The lowest BCUT2D eigenvalue weighted by molar-refractivity contribution is 0.562. The molecule has 0 saturated heterocycles. The third-order valence-corrected chi connectivity index (χ3v) is 2.78. The molecule has 17 heavy (non-hydrogen) atoms. The molecule has 2 rings (SSSR count). The van der Waals surface area contributed by atoms with E-state index in [2.05, 4.69) is 18.3 Å². The second kappa shape index (κ2) is 4.75. The number of hydrogen-bond donors (Lipinski definition) is 1. The number of nitrogens with zero attached hydrogens (tertiary/aromatic N) is 1. The van der Waals surface area contributed by atoms with Gasteiger partial charge in [-0.15, -0.1) is 0 Å². The number of anilines is 1. The van der Waals surface area contributed by atoms with Gasteiger partial charge in [-0.3, -0.25) is 0 Å². The van der Waals surface area contributed by atoms with Crippen LogP contribution in [-0.2, 0) is 0 Å². The zero-order valence-corrected chi connectivity index (χ0v) is 9.90. The second-order valence-corrected chi connectivity index (χ2v) is 4.06. The molecule has 0 bridgehead atoms. The number of furan rings is 1. The summed E-state index contributed by atoms with van der Waals surface area (Å²) in [5, 5.41) is 12.3. The predicted octanol–water partition coefficient (Wildman–Crippen LogP) is 3.63. The topological polar surface area (TPSA) is 49.0 Å². The molecule has 0 spiro atoms. The molecule has 0 aliphatic rings. The van der Waals surface area contributed by atoms with Crippen LogP contribution in [0.2, 0.25) is 0 Å². The van der Waals surface area contributed by atoms with Crippen molar-refractivity contribution in [1.82, 2.24) is 0 Å². The molecule has 1 heterocycles. The summed E-state index contributed by atoms with van der Waals surface area (Å²) in [4.78, 5) is 0. The summed E-state index contributed by atoms with van der Waals surface area (Å²) in [5.41, 5.74) is 3.86. The predicted molar refractivity (Wildman–Crippen MR) is 66.6 cm³/mol. The average molecular weight is 226 g/mol. The number of hydrogen-bond acceptors (Lipinski definition) is 3. The average Bonchev–Trinajstić information content (AvgIpc) is 2.85. The third kappa shape index (κ3) is 2.48. The number of benzene rings is 1. The standard InChI is InChI=1S/C14H14N2O/c1-10-3-4-12(8-15)7-14(10)16-11(2)13-5-6-17-9-13/h3-7,9,11,16H,1-2H3. The Bertz CT molecular complexity index is 538. The van der Waals surface area contributed by atoms with Crippen LogP contribution in [0.4, 0.5) is 5.69 Å². The van der Waals surface area contributed by atoms with Crippen LogP contribution in [0.15, 0.2) is 41.2 Å². The van der Waals surface area contributed by atoms with Gasteiger partial charge in [0.2, 0.25) is 0 Å². The summed E-state index contributed by atoms with van der Waals surface area (Å²) in [6.07, 6.45) is 3.38. The molecule has 1 aromatic heterocycles. The minimum absolute atomic E-state index is 0.154. The first-order chi connectivity index (χ1) is 8.20. The Morgan fingerprint density at radius 2 is 2.18 bits per heavy atom. The molecule has 0 amide bonds. The van der Waals surface area contributed by atoms with Crippen LogP contribution in [0.1, 0.15) is 29.7 Å². The monoisotopic (exact) mass is 226 g/mol. The Kier molecular flexibility index (Phi) is 3.15. The summed E-state index contributed by atoms with van der Waals surface area (Å²) in [6.45, 7) is 4.08. The molecule has 1 atom stereocenters. The number of nitrogens with one attached hydrogen (secondary N) is 1. The minimum Gasteiger partial charge on any atom is -0.472 e. The molecule has 1 aromatic carbocycles. The van der Waals surface area contributed by atoms with Crippen LogP contribution in [0.25, 0.3) is 0 Å². The molecular weight excluding hydrogens is 212 g/mol. The Morgan fingerprint density at radius 3 is 2.82 bits per heavy atom. The third-order valence-electron chi connectivity index (χ3n) is 2.78. The van der Waals surface area contributed by atoms with Crippen molar-refractivity contribution in [3.8, 4) is 6.07 Å². The van der Waals surface area contributed by atoms with E-state index in [1.807, 2.05) is 31.2 Å². The highest BCUT2D eigenvalue weighted by molar-refractivity contribution is 5.56. The van der Waals surface area contributed by atoms with Crippen molar-refractivity contribution in [2.45, 2.75) is 19.9 Å². The molecule has 0 fully saturated rings. The molecule has 0 radical (unpaired) electrons. The molecule has 0 aliphatic carbocycles. The maximum Gasteiger partial charge on any atom is 0.0992 e. The Balaban J connectivity index is 2.21. The largest absolute Gasteiger partial charge is 0.472 e. The van der Waals surface area contributed by atoms with Crippen molar-refractivity contribution in [2.24, 2.45) is 0 Å². The molecule has 2 aromatic rings. The zero-order chi connectivity index (χ0) is 12.3. The van der Waals surface area contributed by atoms with Gasteiger partial charge in [0.05, 0.1) is 30.2 Å². The first kappa shape index (κ1) is 11.3. The fourth-order valence-corrected chi connectivity index (χ4v) is 1.69. The molecule has 1 N–H and O–H groups in total. The number of rotatable bonds is 3. The van der Waals surface area contributed by atoms with Gasteiger partial charge in [0.25, 0.3) is 0 Å². The van der Waals surface area contributed by atoms with E-state index in [4.69, 9.17) is 9.68 Å². The SMILES string of the molecule is Cc1ccc(C#N)cc1NC(C)c1ccoc1. The lowest BCUT2D eigenvalue weighted by Crippen LogP contribution is -2.06. The van der Waals surface area contributed by atoms with Crippen LogP contribution in [0.5, 0.6) is 0 Å². The van der Waals surface area contributed by atoms with Crippen molar-refractivity contribution in [3.05, 3.63) is 53.5 Å². The van der Waals surface area contributed by atoms with Crippen molar-refractivity contribution in [1.29, 1.82) is 5.26 Å². The number of nitriles is 1. The van der Waals surface area contributed by atoms with Crippen LogP contribution in [0.3, 0.4) is 0 Å². The molecule has 3 heteroatoms. The maximum atomic E-state index is 8.88. The lowest BCUT2D eigenvalue weighted by Gasteiger charge is -2.15. The van der Waals surface area contributed by atoms with Crippen LogP contribution in [-0.4, -0.2) is 0 Å². The van der Waals surface area contributed by atoms with E-state index in [-0.39, 0.29) is 6.04 Å². The normalized spacial score (nSPS) is 11.8. The van der Waals surface area contributed by atoms with Gasteiger partial charge in [-0.25, -0.2) is 0 Å². The van der Waals surface area contributed by atoms with E-state index in [1.54, 1.807) is 12.5 Å². The van der Waals surface area contributed by atoms with Gasteiger partial charge in [0.15, 0.2) is 0 Å². The van der Waals surface area contributed by atoms with Gasteiger partial charge < -0.3 is 9.73 Å². The van der Waals surface area contributed by atoms with E-state index in [0.29, 0.717) is 5.56 Å². The zero-order valence-electron chi connectivity index (χ0n) is 9.90. The maximum absolute atomic E-state index is 8.88. The Hall–Kier alpha value is -2.21. The van der Waals surface area contributed by atoms with Crippen LogP contribution < -0.4 is 5.32 Å². The van der Waals surface area contributed by atoms with Gasteiger partial charge in [0, 0.05) is 11.3 Å². The highest BCUT2D eigenvalue weighted by Crippen LogP contribution is 2.23. The molecule has 86 valence electrons. The summed E-state index contributed by atoms with van der Waals surface area (Å²) in [7, 11) is 0. The molecule has 0 aliphatic heterocycles. The summed E-state index contributed by atoms with van der Waals surface area (Å²) >= 11 is 0. The van der Waals surface area contributed by atoms with Gasteiger partial charge in [0.1, 0.15) is 0 Å². The second-order valence-electron chi connectivity index (χ2n) is 4.06. The van der Waals surface area contributed by atoms with E-state index >= 15 is 0 Å². The van der Waals surface area contributed by atoms with Gasteiger partial charge in [-0.1, -0.05) is 6.07 Å². The fraction of sp³-hybridized carbons (Fsp3) is 0.214. The van der Waals surface area contributed by atoms with Crippen molar-refractivity contribution >= 4 is 5.69 Å². The first-order valence-electron chi connectivity index (χ1n) is 5.50. The quantitative estimate of drug-likeness (QED) is 0.869. The Morgan fingerprint density at radius 1 is 1.35 bits per heavy atom. The van der Waals surface area contributed by atoms with Crippen molar-refractivity contribution in [3.63, 3.8) is 0 Å². The van der Waals surface area contributed by atoms with Crippen molar-refractivity contribution in [2.75, 3.05) is 5.32 Å². The first-order valence-corrected chi connectivity index (χ1v) is 5.50. The summed E-state index contributed by atoms with van der Waals surface area (Å²) in [5.74, 6) is 0. The van der Waals surface area contributed by atoms with Gasteiger partial charge in [-0.2, -0.15) is 5.26 Å². The molecule has 0 saturated carbocycles. The summed E-state index contributed by atoms with van der Waals surface area (Å²) in [6, 6.07) is 9.87. The highest BCUT2D eigenvalue weighted by atomic mass is 16.3. The van der Waals surface area contributed by atoms with Gasteiger partial charge in [-0.05, 0) is 37.6 Å². The van der Waals surface area contributed by atoms with E-state index in [0.717, 1.165) is 16.8 Å². The fourth-order valence-electron chi connectivity index (χ4n) is 1.69. The molecule has 3 nitrogen and oxygen atoms in total. The van der Waals surface area contributed by atoms with Crippen LogP contribution in [0, 0.1) is 18.3 Å². The van der Waals surface area contributed by atoms with E-state index in [1.165, 1.54) is 0 Å². The smallest absolute Gasteiger partial charge is 0.0992 e. The molecule has 1 unspecified atom stereocenters. The highest BCUT2D eigenvalue weighted by Gasteiger charge is 2.08. The van der Waals surface area contributed by atoms with E-state index < -0.39 is 0 Å².